The predicted octanol–water partition coefficient (Wildman–Crippen LogP) is 4.01. The highest BCUT2D eigenvalue weighted by atomic mass is 35.5. The topological polar surface area (TPSA) is 74.8 Å². The molecule has 5 nitrogen and oxygen atoms in total. The predicted molar refractivity (Wildman–Crippen MR) is 103 cm³/mol. The summed E-state index contributed by atoms with van der Waals surface area (Å²) in [6, 6.07) is 14.1. The zero-order valence-corrected chi connectivity index (χ0v) is 15.0. The molecule has 1 aromatic heterocycles. The fraction of sp³-hybridized carbons (Fsp3) is 0.167. The first-order valence-corrected chi connectivity index (χ1v) is 9.11. The van der Waals surface area contributed by atoms with E-state index in [9.17, 15) is 9.59 Å². The Hall–Kier alpha value is -2.31. The highest BCUT2D eigenvalue weighted by molar-refractivity contribution is 8.00. The number of aromatic amines is 1. The number of rotatable bonds is 5. The Labute approximate surface area is 153 Å². The van der Waals surface area contributed by atoms with Gasteiger partial charge in [0, 0.05) is 10.7 Å². The Kier molecular flexibility index (Phi) is 5.40. The molecule has 3 rings (SSSR count). The molecule has 7 heteroatoms. The molecule has 25 heavy (non-hydrogen) atoms. The number of nitrogens with zero attached hydrogens (tertiary/aromatic N) is 1. The molecule has 0 bridgehead atoms. The van der Waals surface area contributed by atoms with Gasteiger partial charge < -0.3 is 10.3 Å². The first-order chi connectivity index (χ1) is 12.0. The molecule has 2 aromatic carbocycles. The number of hydrogen-bond acceptors (Lipinski definition) is 4. The molecule has 0 fully saturated rings. The van der Waals surface area contributed by atoms with Gasteiger partial charge in [-0.1, -0.05) is 23.7 Å². The van der Waals surface area contributed by atoms with Crippen LogP contribution in [0.15, 0.2) is 53.3 Å². The summed E-state index contributed by atoms with van der Waals surface area (Å²) < 4.78 is 0. The van der Waals surface area contributed by atoms with Gasteiger partial charge in [0.2, 0.25) is 5.91 Å². The lowest BCUT2D eigenvalue weighted by Gasteiger charge is -2.11. The summed E-state index contributed by atoms with van der Waals surface area (Å²) >= 11 is 7.23. The minimum atomic E-state index is -0.168. The zero-order valence-electron chi connectivity index (χ0n) is 13.5. The van der Waals surface area contributed by atoms with Crippen LogP contribution in [0, 0.1) is 0 Å². The minimum absolute atomic E-state index is 0.117. The van der Waals surface area contributed by atoms with Gasteiger partial charge in [0.1, 0.15) is 5.82 Å². The molecule has 2 N–H and O–H groups in total. The van der Waals surface area contributed by atoms with Crippen LogP contribution in [-0.2, 0) is 4.79 Å². The van der Waals surface area contributed by atoms with Gasteiger partial charge in [0.15, 0.2) is 0 Å². The molecule has 0 aliphatic carbocycles. The minimum Gasteiger partial charge on any atom is -0.325 e. The smallest absolute Gasteiger partial charge is 0.258 e. The van der Waals surface area contributed by atoms with Crippen molar-refractivity contribution in [1.82, 2.24) is 9.97 Å². The fourth-order valence-electron chi connectivity index (χ4n) is 2.31. The van der Waals surface area contributed by atoms with Gasteiger partial charge in [-0.25, -0.2) is 4.98 Å². The summed E-state index contributed by atoms with van der Waals surface area (Å²) in [6.45, 7) is 1.91. The Morgan fingerprint density at radius 2 is 1.96 bits per heavy atom. The molecule has 1 heterocycles. The quantitative estimate of drug-likeness (QED) is 0.708. The largest absolute Gasteiger partial charge is 0.325 e. The van der Waals surface area contributed by atoms with Crippen molar-refractivity contribution >= 4 is 45.9 Å². The average molecular weight is 374 g/mol. The molecule has 0 radical (unpaired) electrons. The summed E-state index contributed by atoms with van der Waals surface area (Å²) in [5, 5.41) is 3.87. The monoisotopic (exact) mass is 373 g/mol. The van der Waals surface area contributed by atoms with Gasteiger partial charge in [-0.15, -0.1) is 11.8 Å². The molecular weight excluding hydrogens is 358 g/mol. The Morgan fingerprint density at radius 3 is 2.72 bits per heavy atom. The lowest BCUT2D eigenvalue weighted by molar-refractivity contribution is -0.113. The number of fused-ring (bicyclic) bond motifs is 1. The third-order valence-electron chi connectivity index (χ3n) is 3.61. The van der Waals surface area contributed by atoms with Crippen molar-refractivity contribution in [3.63, 3.8) is 0 Å². The van der Waals surface area contributed by atoms with Crippen molar-refractivity contribution in [2.24, 2.45) is 0 Å². The summed E-state index contributed by atoms with van der Waals surface area (Å²) in [7, 11) is 0. The number of benzene rings is 2. The van der Waals surface area contributed by atoms with E-state index < -0.39 is 0 Å². The zero-order chi connectivity index (χ0) is 17.8. The normalized spacial score (nSPS) is 12.1. The number of hydrogen-bond donors (Lipinski definition) is 2. The van der Waals surface area contributed by atoms with E-state index in [-0.39, 0.29) is 22.5 Å². The maximum absolute atomic E-state index is 12.1. The van der Waals surface area contributed by atoms with Crippen LogP contribution in [0.3, 0.4) is 0 Å². The molecule has 0 saturated heterocycles. The van der Waals surface area contributed by atoms with Crippen molar-refractivity contribution in [3.8, 4) is 0 Å². The van der Waals surface area contributed by atoms with Crippen molar-refractivity contribution < 1.29 is 4.79 Å². The highest BCUT2D eigenvalue weighted by Gasteiger charge is 2.13. The number of H-pyrrole nitrogens is 1. The summed E-state index contributed by atoms with van der Waals surface area (Å²) in [6.07, 6.45) is 0. The summed E-state index contributed by atoms with van der Waals surface area (Å²) in [5.41, 5.74) is 1.18. The van der Waals surface area contributed by atoms with Gasteiger partial charge in [-0.2, -0.15) is 0 Å². The second kappa shape index (κ2) is 7.72. The van der Waals surface area contributed by atoms with E-state index in [1.807, 2.05) is 13.0 Å². The number of thioether (sulfide) groups is 1. The van der Waals surface area contributed by atoms with Crippen molar-refractivity contribution in [2.75, 3.05) is 11.1 Å². The maximum atomic E-state index is 12.1. The number of amides is 1. The van der Waals surface area contributed by atoms with Crippen molar-refractivity contribution in [2.45, 2.75) is 12.2 Å². The summed E-state index contributed by atoms with van der Waals surface area (Å²) in [5.74, 6) is 0.690. The number of para-hydroxylation sites is 1. The Balaban J connectivity index is 1.64. The molecule has 0 unspecified atom stereocenters. The molecule has 1 atom stereocenters. The van der Waals surface area contributed by atoms with Gasteiger partial charge in [0.25, 0.3) is 5.56 Å². The number of nitrogens with one attached hydrogen (secondary N) is 2. The van der Waals surface area contributed by atoms with Gasteiger partial charge >= 0.3 is 0 Å². The second-order valence-electron chi connectivity index (χ2n) is 5.48. The van der Waals surface area contributed by atoms with E-state index in [1.54, 1.807) is 42.5 Å². The maximum Gasteiger partial charge on any atom is 0.258 e. The standard InChI is InChI=1S/C18H16ClN3O2S/c1-11(17-21-15-5-3-2-4-14(15)18(24)22-17)25-10-16(23)20-13-8-6-12(19)7-9-13/h2-9,11H,10H2,1H3,(H,20,23)(H,21,22,24)/t11-/m1/s1. The number of carbonyl (C=O) groups is 1. The van der Waals surface area contributed by atoms with Crippen LogP contribution in [0.5, 0.6) is 0 Å². The van der Waals surface area contributed by atoms with Crippen LogP contribution in [0.4, 0.5) is 5.69 Å². The third-order valence-corrected chi connectivity index (χ3v) is 5.01. The number of aromatic nitrogens is 2. The van der Waals surface area contributed by atoms with E-state index >= 15 is 0 Å². The summed E-state index contributed by atoms with van der Waals surface area (Å²) in [4.78, 5) is 31.5. The number of carbonyl (C=O) groups excluding carboxylic acids is 1. The lowest BCUT2D eigenvalue weighted by Crippen LogP contribution is -2.16. The molecule has 1 amide bonds. The van der Waals surface area contributed by atoms with E-state index in [1.165, 1.54) is 11.8 Å². The lowest BCUT2D eigenvalue weighted by atomic mass is 10.2. The molecule has 128 valence electrons. The highest BCUT2D eigenvalue weighted by Crippen LogP contribution is 2.25. The molecule has 0 aliphatic heterocycles. The van der Waals surface area contributed by atoms with Crippen LogP contribution >= 0.6 is 23.4 Å². The first kappa shape index (κ1) is 17.5. The van der Waals surface area contributed by atoms with Crippen LogP contribution in [0.25, 0.3) is 10.9 Å². The number of halogens is 1. The Bertz CT molecular complexity index is 956. The van der Waals surface area contributed by atoms with Crippen molar-refractivity contribution in [3.05, 3.63) is 69.7 Å². The van der Waals surface area contributed by atoms with Gasteiger partial charge in [-0.05, 0) is 43.3 Å². The van der Waals surface area contributed by atoms with Crippen LogP contribution < -0.4 is 10.9 Å². The van der Waals surface area contributed by atoms with Crippen molar-refractivity contribution in [1.29, 1.82) is 0 Å². The van der Waals surface area contributed by atoms with E-state index in [0.29, 0.717) is 27.4 Å². The third kappa shape index (κ3) is 4.41. The van der Waals surface area contributed by atoms with Crippen LogP contribution in [0.2, 0.25) is 5.02 Å². The van der Waals surface area contributed by atoms with Gasteiger partial charge in [0.05, 0.1) is 21.9 Å². The van der Waals surface area contributed by atoms with E-state index in [0.717, 1.165) is 0 Å². The molecular formula is C18H16ClN3O2S. The molecule has 3 aromatic rings. The van der Waals surface area contributed by atoms with Crippen LogP contribution in [-0.4, -0.2) is 21.6 Å². The van der Waals surface area contributed by atoms with Crippen LogP contribution in [0.1, 0.15) is 18.0 Å². The molecule has 0 aliphatic rings. The van der Waals surface area contributed by atoms with E-state index in [4.69, 9.17) is 11.6 Å². The van der Waals surface area contributed by atoms with Gasteiger partial charge in [-0.3, -0.25) is 9.59 Å². The molecule has 0 spiro atoms. The Morgan fingerprint density at radius 1 is 1.24 bits per heavy atom. The second-order valence-corrected chi connectivity index (χ2v) is 7.24. The molecule has 0 saturated carbocycles. The first-order valence-electron chi connectivity index (χ1n) is 7.69. The fourth-order valence-corrected chi connectivity index (χ4v) is 3.18. The SMILES string of the molecule is C[C@@H](SCC(=O)Nc1ccc(Cl)cc1)c1nc2ccccc2c(=O)[nH]1. The average Bonchev–Trinajstić information content (AvgIpc) is 2.61. The van der Waals surface area contributed by atoms with E-state index in [2.05, 4.69) is 15.3 Å². The number of anilines is 1.